The Morgan fingerprint density at radius 1 is 1.26 bits per heavy atom. The first-order valence-electron chi connectivity index (χ1n) is 5.95. The van der Waals surface area contributed by atoms with Crippen LogP contribution in [0.1, 0.15) is 15.9 Å². The van der Waals surface area contributed by atoms with Crippen LogP contribution in [0.3, 0.4) is 0 Å². The summed E-state index contributed by atoms with van der Waals surface area (Å²) in [5, 5.41) is 9.22. The molecule has 1 N–H and O–H groups in total. The maximum atomic E-state index is 13.8. The molecule has 0 aromatic heterocycles. The topological polar surface area (TPSA) is 46.5 Å². The van der Waals surface area contributed by atoms with E-state index in [4.69, 9.17) is 4.74 Å². The first kappa shape index (κ1) is 11.7. The Kier molecular flexibility index (Phi) is 2.71. The average molecular weight is 258 g/mol. The van der Waals surface area contributed by atoms with Gasteiger partial charge in [0.2, 0.25) is 0 Å². The van der Waals surface area contributed by atoms with Crippen LogP contribution in [0.25, 0.3) is 11.1 Å². The summed E-state index contributed by atoms with van der Waals surface area (Å²) >= 11 is 0. The van der Waals surface area contributed by atoms with Crippen LogP contribution >= 0.6 is 0 Å². The van der Waals surface area contributed by atoms with Crippen molar-refractivity contribution >= 4 is 5.97 Å². The van der Waals surface area contributed by atoms with Gasteiger partial charge in [-0.3, -0.25) is 0 Å². The van der Waals surface area contributed by atoms with Gasteiger partial charge in [-0.05, 0) is 29.3 Å². The molecule has 1 heterocycles. The van der Waals surface area contributed by atoms with Crippen LogP contribution in [0.2, 0.25) is 0 Å². The Morgan fingerprint density at radius 2 is 2.05 bits per heavy atom. The van der Waals surface area contributed by atoms with E-state index in [1.165, 1.54) is 12.1 Å². The molecule has 0 radical (unpaired) electrons. The van der Waals surface area contributed by atoms with Crippen molar-refractivity contribution in [2.24, 2.45) is 0 Å². The predicted octanol–water partition coefficient (Wildman–Crippen LogP) is 3.13. The summed E-state index contributed by atoms with van der Waals surface area (Å²) in [6.45, 7) is 0.469. The van der Waals surface area contributed by atoms with E-state index in [1.807, 2.05) is 0 Å². The summed E-state index contributed by atoms with van der Waals surface area (Å²) in [4.78, 5) is 11.3. The standard InChI is InChI=1S/C15H11FO3/c16-13-4-2-1-3-11(13)10-7-9-5-6-19-14(9)12(8-10)15(17)18/h1-4,7-8H,5-6H2,(H,17,18). The molecular weight excluding hydrogens is 247 g/mol. The SMILES string of the molecule is O=C(O)c1cc(-c2ccccc2F)cc2c1OCC2. The molecule has 1 aliphatic rings. The van der Waals surface area contributed by atoms with Gasteiger partial charge in [0.1, 0.15) is 17.1 Å². The molecule has 0 bridgehead atoms. The van der Waals surface area contributed by atoms with Crippen LogP contribution in [0.5, 0.6) is 5.75 Å². The van der Waals surface area contributed by atoms with E-state index in [2.05, 4.69) is 0 Å². The lowest BCUT2D eigenvalue weighted by Crippen LogP contribution is -2.01. The minimum absolute atomic E-state index is 0.0910. The monoisotopic (exact) mass is 258 g/mol. The number of benzene rings is 2. The molecule has 0 fully saturated rings. The van der Waals surface area contributed by atoms with E-state index < -0.39 is 5.97 Å². The number of carboxylic acids is 1. The zero-order valence-electron chi connectivity index (χ0n) is 10.0. The van der Waals surface area contributed by atoms with E-state index in [0.29, 0.717) is 29.9 Å². The van der Waals surface area contributed by atoms with Crippen molar-refractivity contribution in [1.29, 1.82) is 0 Å². The molecule has 4 heteroatoms. The lowest BCUT2D eigenvalue weighted by Gasteiger charge is -2.09. The summed E-state index contributed by atoms with van der Waals surface area (Å²) in [6.07, 6.45) is 0.651. The van der Waals surface area contributed by atoms with E-state index in [0.717, 1.165) is 5.56 Å². The quantitative estimate of drug-likeness (QED) is 0.900. The fraction of sp³-hybridized carbons (Fsp3) is 0.133. The Bertz CT molecular complexity index is 664. The molecule has 0 spiro atoms. The van der Waals surface area contributed by atoms with Crippen LogP contribution in [-0.4, -0.2) is 17.7 Å². The molecule has 0 saturated carbocycles. The van der Waals surface area contributed by atoms with E-state index in [1.54, 1.807) is 24.3 Å². The largest absolute Gasteiger partial charge is 0.492 e. The van der Waals surface area contributed by atoms with Gasteiger partial charge in [0.25, 0.3) is 0 Å². The number of halogens is 1. The van der Waals surface area contributed by atoms with Gasteiger partial charge in [0.15, 0.2) is 0 Å². The van der Waals surface area contributed by atoms with Crippen LogP contribution < -0.4 is 4.74 Å². The zero-order valence-corrected chi connectivity index (χ0v) is 10.0. The Morgan fingerprint density at radius 3 is 2.79 bits per heavy atom. The Labute approximate surface area is 109 Å². The highest BCUT2D eigenvalue weighted by atomic mass is 19.1. The van der Waals surface area contributed by atoms with Crippen LogP contribution in [0, 0.1) is 5.82 Å². The second-order valence-electron chi connectivity index (χ2n) is 4.40. The van der Waals surface area contributed by atoms with Gasteiger partial charge in [-0.2, -0.15) is 0 Å². The molecule has 3 rings (SSSR count). The van der Waals surface area contributed by atoms with Crippen molar-refractivity contribution in [3.05, 3.63) is 53.3 Å². The fourth-order valence-corrected chi connectivity index (χ4v) is 2.32. The molecule has 0 amide bonds. The number of carboxylic acid groups (broad SMARTS) is 1. The van der Waals surface area contributed by atoms with Gasteiger partial charge in [-0.15, -0.1) is 0 Å². The average Bonchev–Trinajstić information content (AvgIpc) is 2.86. The normalized spacial score (nSPS) is 12.9. The van der Waals surface area contributed by atoms with Crippen LogP contribution in [0.15, 0.2) is 36.4 Å². The summed E-state index contributed by atoms with van der Waals surface area (Å²) in [7, 11) is 0. The van der Waals surface area contributed by atoms with Crippen molar-refractivity contribution in [3.63, 3.8) is 0 Å². The van der Waals surface area contributed by atoms with Gasteiger partial charge in [0, 0.05) is 12.0 Å². The van der Waals surface area contributed by atoms with Crippen molar-refractivity contribution in [2.75, 3.05) is 6.61 Å². The second-order valence-corrected chi connectivity index (χ2v) is 4.40. The minimum atomic E-state index is -1.06. The maximum Gasteiger partial charge on any atom is 0.339 e. The number of hydrogen-bond donors (Lipinski definition) is 1. The van der Waals surface area contributed by atoms with E-state index in [9.17, 15) is 14.3 Å². The summed E-state index contributed by atoms with van der Waals surface area (Å²) in [5.74, 6) is -1.01. The smallest absolute Gasteiger partial charge is 0.339 e. The number of carbonyl (C=O) groups is 1. The molecular formula is C15H11FO3. The number of hydrogen-bond acceptors (Lipinski definition) is 2. The fourth-order valence-electron chi connectivity index (χ4n) is 2.32. The number of rotatable bonds is 2. The highest BCUT2D eigenvalue weighted by Crippen LogP contribution is 2.35. The van der Waals surface area contributed by atoms with Gasteiger partial charge < -0.3 is 9.84 Å². The Balaban J connectivity index is 2.21. The molecule has 0 saturated heterocycles. The summed E-state index contributed by atoms with van der Waals surface area (Å²) in [5.41, 5.74) is 1.88. The van der Waals surface area contributed by atoms with Crippen molar-refractivity contribution in [3.8, 4) is 16.9 Å². The van der Waals surface area contributed by atoms with Crippen LogP contribution in [0.4, 0.5) is 4.39 Å². The lowest BCUT2D eigenvalue weighted by atomic mass is 9.98. The zero-order chi connectivity index (χ0) is 13.4. The van der Waals surface area contributed by atoms with Gasteiger partial charge in [-0.25, -0.2) is 9.18 Å². The van der Waals surface area contributed by atoms with Gasteiger partial charge in [0.05, 0.1) is 6.61 Å². The highest BCUT2D eigenvalue weighted by molar-refractivity contribution is 5.93. The van der Waals surface area contributed by atoms with E-state index >= 15 is 0 Å². The third-order valence-corrected chi connectivity index (χ3v) is 3.20. The van der Waals surface area contributed by atoms with Gasteiger partial charge >= 0.3 is 5.97 Å². The van der Waals surface area contributed by atoms with Crippen LogP contribution in [-0.2, 0) is 6.42 Å². The molecule has 0 atom stereocenters. The molecule has 3 nitrogen and oxygen atoms in total. The van der Waals surface area contributed by atoms with E-state index in [-0.39, 0.29) is 11.4 Å². The molecule has 0 aliphatic carbocycles. The maximum absolute atomic E-state index is 13.8. The lowest BCUT2D eigenvalue weighted by molar-refractivity contribution is 0.0693. The number of aromatic carboxylic acids is 1. The highest BCUT2D eigenvalue weighted by Gasteiger charge is 2.22. The molecule has 96 valence electrons. The molecule has 2 aromatic rings. The summed E-state index contributed by atoms with van der Waals surface area (Å²) < 4.78 is 19.1. The summed E-state index contributed by atoms with van der Waals surface area (Å²) in [6, 6.07) is 9.59. The Hall–Kier alpha value is -2.36. The molecule has 2 aromatic carbocycles. The molecule has 0 unspecified atom stereocenters. The first-order valence-corrected chi connectivity index (χ1v) is 5.95. The van der Waals surface area contributed by atoms with Gasteiger partial charge in [-0.1, -0.05) is 18.2 Å². The first-order chi connectivity index (χ1) is 9.16. The molecule has 1 aliphatic heterocycles. The minimum Gasteiger partial charge on any atom is -0.492 e. The third-order valence-electron chi connectivity index (χ3n) is 3.20. The van der Waals surface area contributed by atoms with Crippen molar-refractivity contribution < 1.29 is 19.0 Å². The second kappa shape index (κ2) is 4.39. The molecule has 19 heavy (non-hydrogen) atoms. The third kappa shape index (κ3) is 1.95. The van der Waals surface area contributed by atoms with Crippen molar-refractivity contribution in [2.45, 2.75) is 6.42 Å². The number of fused-ring (bicyclic) bond motifs is 1. The predicted molar refractivity (Wildman–Crippen MR) is 68.0 cm³/mol. The number of ether oxygens (including phenoxy) is 1. The van der Waals surface area contributed by atoms with Crippen molar-refractivity contribution in [1.82, 2.24) is 0 Å².